The molecule has 1 atom stereocenters. The largest absolute Gasteiger partial charge is 0.459 e. The smallest absolute Gasteiger partial charge is 0.313 e. The summed E-state index contributed by atoms with van der Waals surface area (Å²) < 4.78 is 7.00. The maximum Gasteiger partial charge on any atom is 0.313 e. The van der Waals surface area contributed by atoms with Crippen LogP contribution in [0.25, 0.3) is 5.65 Å². The number of rotatable bonds is 6. The summed E-state index contributed by atoms with van der Waals surface area (Å²) in [5, 5.41) is 0.622. The molecule has 0 aliphatic heterocycles. The average molecular weight is 399 g/mol. The summed E-state index contributed by atoms with van der Waals surface area (Å²) in [6.07, 6.45) is 2.40. The van der Waals surface area contributed by atoms with E-state index in [-0.39, 0.29) is 24.1 Å². The van der Waals surface area contributed by atoms with Gasteiger partial charge in [-0.05, 0) is 48.6 Å². The van der Waals surface area contributed by atoms with Gasteiger partial charge in [-0.25, -0.2) is 4.98 Å². The zero-order chi connectivity index (χ0) is 20.3. The first kappa shape index (κ1) is 20.1. The number of aryl methyl sites for hydroxylation is 1. The molecule has 0 aliphatic carbocycles. The van der Waals surface area contributed by atoms with Crippen molar-refractivity contribution >= 4 is 23.2 Å². The van der Waals surface area contributed by atoms with Crippen molar-refractivity contribution in [2.75, 3.05) is 0 Å². The van der Waals surface area contributed by atoms with E-state index >= 15 is 0 Å². The quantitative estimate of drug-likeness (QED) is 0.572. The van der Waals surface area contributed by atoms with Crippen LogP contribution >= 0.6 is 11.6 Å². The number of ether oxygens (including phenoxy) is 1. The van der Waals surface area contributed by atoms with Gasteiger partial charge in [0.15, 0.2) is 0 Å². The molecular formula is C22H23ClN2O3. The molecule has 3 aromatic rings. The minimum atomic E-state index is -0.388. The van der Waals surface area contributed by atoms with Gasteiger partial charge in [-0.15, -0.1) is 0 Å². The molecule has 5 nitrogen and oxygen atoms in total. The Balaban J connectivity index is 1.78. The summed E-state index contributed by atoms with van der Waals surface area (Å²) in [6.45, 7) is 5.99. The van der Waals surface area contributed by atoms with Crippen LogP contribution in [0, 0.1) is 12.8 Å². The summed E-state index contributed by atoms with van der Waals surface area (Å²) in [5.74, 6) is -0.400. The van der Waals surface area contributed by atoms with Crippen molar-refractivity contribution in [1.29, 1.82) is 0 Å². The third-order valence-electron chi connectivity index (χ3n) is 4.49. The predicted octanol–water partition coefficient (Wildman–Crippen LogP) is 4.53. The van der Waals surface area contributed by atoms with E-state index in [2.05, 4.69) is 18.8 Å². The van der Waals surface area contributed by atoms with Crippen molar-refractivity contribution in [2.24, 2.45) is 5.92 Å². The Morgan fingerprint density at radius 3 is 2.57 bits per heavy atom. The average Bonchev–Trinajstić information content (AvgIpc) is 2.65. The van der Waals surface area contributed by atoms with Crippen molar-refractivity contribution in [2.45, 2.75) is 39.7 Å². The zero-order valence-electron chi connectivity index (χ0n) is 16.2. The Hall–Kier alpha value is -2.66. The second-order valence-electron chi connectivity index (χ2n) is 7.36. The first-order valence-electron chi connectivity index (χ1n) is 9.24. The second-order valence-corrected chi connectivity index (χ2v) is 7.80. The molecule has 0 fully saturated rings. The Bertz CT molecular complexity index is 1040. The van der Waals surface area contributed by atoms with Crippen LogP contribution in [0.2, 0.25) is 5.02 Å². The summed E-state index contributed by atoms with van der Waals surface area (Å²) in [5.41, 5.74) is 2.60. The van der Waals surface area contributed by atoms with Crippen LogP contribution in [0.5, 0.6) is 0 Å². The van der Waals surface area contributed by atoms with Gasteiger partial charge in [-0.2, -0.15) is 0 Å². The highest BCUT2D eigenvalue weighted by atomic mass is 35.5. The number of aromatic nitrogens is 2. The Labute approximate surface area is 168 Å². The fraction of sp³-hybridized carbons (Fsp3) is 0.318. The molecule has 0 N–H and O–H groups in total. The van der Waals surface area contributed by atoms with Gasteiger partial charge < -0.3 is 4.74 Å². The minimum absolute atomic E-state index is 0.0410. The van der Waals surface area contributed by atoms with Gasteiger partial charge in [0.05, 0.1) is 11.6 Å². The van der Waals surface area contributed by atoms with E-state index in [0.717, 1.165) is 11.1 Å². The van der Waals surface area contributed by atoms with Crippen LogP contribution in [-0.2, 0) is 16.1 Å². The molecule has 0 bridgehead atoms. The molecule has 1 unspecified atom stereocenters. The minimum Gasteiger partial charge on any atom is -0.459 e. The van der Waals surface area contributed by atoms with E-state index in [4.69, 9.17) is 16.3 Å². The van der Waals surface area contributed by atoms with Crippen molar-refractivity contribution in [3.63, 3.8) is 0 Å². The number of carbonyl (C=O) groups is 1. The maximum absolute atomic E-state index is 12.8. The van der Waals surface area contributed by atoms with Gasteiger partial charge in [-0.1, -0.05) is 43.6 Å². The number of hydrogen-bond donors (Lipinski definition) is 0. The Morgan fingerprint density at radius 1 is 1.18 bits per heavy atom. The summed E-state index contributed by atoms with van der Waals surface area (Å²) >= 11 is 5.96. The second kappa shape index (κ2) is 8.57. The van der Waals surface area contributed by atoms with Crippen LogP contribution in [0.4, 0.5) is 0 Å². The number of pyridine rings is 1. The Kier molecular flexibility index (Phi) is 6.15. The number of hydrogen-bond acceptors (Lipinski definition) is 4. The lowest BCUT2D eigenvalue weighted by molar-refractivity contribution is -0.147. The molecule has 0 saturated carbocycles. The molecule has 28 heavy (non-hydrogen) atoms. The lowest BCUT2D eigenvalue weighted by Crippen LogP contribution is -2.20. The molecule has 0 radical (unpaired) electrons. The van der Waals surface area contributed by atoms with Gasteiger partial charge in [0.2, 0.25) is 0 Å². The zero-order valence-corrected chi connectivity index (χ0v) is 16.9. The fourth-order valence-electron chi connectivity index (χ4n) is 3.11. The molecule has 6 heteroatoms. The van der Waals surface area contributed by atoms with Crippen LogP contribution < -0.4 is 5.56 Å². The van der Waals surface area contributed by atoms with E-state index in [1.165, 1.54) is 10.5 Å². The molecule has 2 aromatic heterocycles. The van der Waals surface area contributed by atoms with Gasteiger partial charge in [-0.3, -0.25) is 14.0 Å². The number of fused-ring (bicyclic) bond motifs is 1. The number of carbonyl (C=O) groups excluding carboxylic acids is 1. The molecule has 1 aromatic carbocycles. The van der Waals surface area contributed by atoms with Crippen LogP contribution in [0.15, 0.2) is 53.5 Å². The number of nitrogens with zero attached hydrogens (tertiary/aromatic N) is 2. The molecule has 2 heterocycles. The first-order chi connectivity index (χ1) is 13.3. The standard InChI is InChI=1S/C22H23ClN2O3/c1-14(2)10-19(16-5-7-17(23)8-6-16)22(27)28-13-18-11-21(26)25-12-15(3)4-9-20(25)24-18/h4-9,11-12,14,19H,10,13H2,1-3H3. The highest BCUT2D eigenvalue weighted by Gasteiger charge is 2.23. The number of benzene rings is 1. The third-order valence-corrected chi connectivity index (χ3v) is 4.74. The fourth-order valence-corrected chi connectivity index (χ4v) is 3.24. The number of halogens is 1. The first-order valence-corrected chi connectivity index (χ1v) is 9.62. The highest BCUT2D eigenvalue weighted by Crippen LogP contribution is 2.27. The van der Waals surface area contributed by atoms with E-state index in [0.29, 0.717) is 28.7 Å². The van der Waals surface area contributed by atoms with Crippen molar-refractivity contribution in [3.8, 4) is 0 Å². The van der Waals surface area contributed by atoms with Crippen molar-refractivity contribution in [3.05, 3.63) is 80.9 Å². The van der Waals surface area contributed by atoms with Gasteiger partial charge in [0.1, 0.15) is 12.3 Å². The lowest BCUT2D eigenvalue weighted by atomic mass is 9.90. The molecule has 0 aliphatic rings. The molecule has 3 rings (SSSR count). The van der Waals surface area contributed by atoms with E-state index in [1.807, 2.05) is 25.1 Å². The summed E-state index contributed by atoms with van der Waals surface area (Å²) in [6, 6.07) is 12.3. The van der Waals surface area contributed by atoms with Gasteiger partial charge in [0, 0.05) is 17.3 Å². The van der Waals surface area contributed by atoms with Gasteiger partial charge >= 0.3 is 5.97 Å². The summed E-state index contributed by atoms with van der Waals surface area (Å²) in [4.78, 5) is 29.5. The lowest BCUT2D eigenvalue weighted by Gasteiger charge is -2.18. The van der Waals surface area contributed by atoms with E-state index in [1.54, 1.807) is 24.4 Å². The SMILES string of the molecule is Cc1ccc2nc(COC(=O)C(CC(C)C)c3ccc(Cl)cc3)cc(=O)n2c1. The van der Waals surface area contributed by atoms with Crippen LogP contribution in [-0.4, -0.2) is 15.4 Å². The topological polar surface area (TPSA) is 60.7 Å². The monoisotopic (exact) mass is 398 g/mol. The Morgan fingerprint density at radius 2 is 1.89 bits per heavy atom. The van der Waals surface area contributed by atoms with E-state index < -0.39 is 0 Å². The van der Waals surface area contributed by atoms with Gasteiger partial charge in [0.25, 0.3) is 5.56 Å². The molecular weight excluding hydrogens is 376 g/mol. The van der Waals surface area contributed by atoms with E-state index in [9.17, 15) is 9.59 Å². The van der Waals surface area contributed by atoms with Crippen molar-refractivity contribution in [1.82, 2.24) is 9.38 Å². The van der Waals surface area contributed by atoms with Crippen LogP contribution in [0.3, 0.4) is 0 Å². The maximum atomic E-state index is 12.8. The van der Waals surface area contributed by atoms with Crippen LogP contribution in [0.1, 0.15) is 43.0 Å². The molecule has 146 valence electrons. The number of esters is 1. The highest BCUT2D eigenvalue weighted by molar-refractivity contribution is 6.30. The molecule has 0 saturated heterocycles. The normalized spacial score (nSPS) is 12.3. The predicted molar refractivity (Wildman–Crippen MR) is 110 cm³/mol. The summed E-state index contributed by atoms with van der Waals surface area (Å²) in [7, 11) is 0. The van der Waals surface area contributed by atoms with Crippen molar-refractivity contribution < 1.29 is 9.53 Å². The molecule has 0 spiro atoms. The molecule has 0 amide bonds. The third kappa shape index (κ3) is 4.78.